The highest BCUT2D eigenvalue weighted by molar-refractivity contribution is 5.80. The summed E-state index contributed by atoms with van der Waals surface area (Å²) in [6.07, 6.45) is 1.94. The number of benzene rings is 2. The summed E-state index contributed by atoms with van der Waals surface area (Å²) >= 11 is 0. The molecule has 1 fully saturated rings. The van der Waals surface area contributed by atoms with Gasteiger partial charge in [0.15, 0.2) is 0 Å². The lowest BCUT2D eigenvalue weighted by molar-refractivity contribution is 0.238. The van der Waals surface area contributed by atoms with Crippen LogP contribution in [0.15, 0.2) is 66.7 Å². The van der Waals surface area contributed by atoms with E-state index < -0.39 is 5.41 Å². The summed E-state index contributed by atoms with van der Waals surface area (Å²) < 4.78 is 0. The Morgan fingerprint density at radius 1 is 0.935 bits per heavy atom. The molecule has 0 bridgehead atoms. The van der Waals surface area contributed by atoms with Gasteiger partial charge in [-0.05, 0) is 49.1 Å². The van der Waals surface area contributed by atoms with E-state index in [0.717, 1.165) is 62.5 Å². The molecule has 0 aliphatic carbocycles. The molecule has 1 saturated heterocycles. The van der Waals surface area contributed by atoms with Crippen molar-refractivity contribution in [2.24, 2.45) is 5.92 Å². The summed E-state index contributed by atoms with van der Waals surface area (Å²) in [7, 11) is 0. The Labute approximate surface area is 186 Å². The molecular formula is C27H32N4. The Hall–Kier alpha value is -2.90. The zero-order chi connectivity index (χ0) is 21.7. The fourth-order valence-corrected chi connectivity index (χ4v) is 4.76. The van der Waals surface area contributed by atoms with Crippen LogP contribution in [0, 0.1) is 17.2 Å². The van der Waals surface area contributed by atoms with Crippen LogP contribution >= 0.6 is 0 Å². The Morgan fingerprint density at radius 3 is 2.35 bits per heavy atom. The highest BCUT2D eigenvalue weighted by Gasteiger charge is 2.35. The number of rotatable bonds is 7. The third-order valence-corrected chi connectivity index (χ3v) is 6.80. The molecule has 4 nitrogen and oxygen atoms in total. The zero-order valence-electron chi connectivity index (χ0n) is 18.7. The lowest BCUT2D eigenvalue weighted by atomic mass is 9.70. The smallest absolute Gasteiger partial charge is 0.129 e. The van der Waals surface area contributed by atoms with Crippen molar-refractivity contribution in [2.45, 2.75) is 32.1 Å². The number of anilines is 1. The minimum atomic E-state index is -0.405. The van der Waals surface area contributed by atoms with E-state index in [4.69, 9.17) is 4.98 Å². The van der Waals surface area contributed by atoms with Crippen molar-refractivity contribution in [1.29, 1.82) is 5.26 Å². The van der Waals surface area contributed by atoms with Crippen molar-refractivity contribution in [3.63, 3.8) is 0 Å². The van der Waals surface area contributed by atoms with E-state index in [1.807, 2.05) is 24.3 Å². The Kier molecular flexibility index (Phi) is 6.53. The number of hydrogen-bond donors (Lipinski definition) is 0. The van der Waals surface area contributed by atoms with Gasteiger partial charge in [-0.15, -0.1) is 0 Å². The van der Waals surface area contributed by atoms with Crippen molar-refractivity contribution < 1.29 is 0 Å². The second kappa shape index (κ2) is 9.49. The number of aromatic nitrogens is 1. The molecule has 0 amide bonds. The SMILES string of the molecule is CC(C)C(C#N)(CCCN1CCN(c2ccc3ccccc3n2)CC1)c1ccccc1. The molecule has 3 aromatic rings. The molecule has 0 N–H and O–H groups in total. The quantitative estimate of drug-likeness (QED) is 0.531. The first-order chi connectivity index (χ1) is 15.1. The van der Waals surface area contributed by atoms with Crippen LogP contribution in [0.25, 0.3) is 10.9 Å². The normalized spacial score (nSPS) is 16.9. The van der Waals surface area contributed by atoms with Gasteiger partial charge >= 0.3 is 0 Å². The van der Waals surface area contributed by atoms with Crippen molar-refractivity contribution in [3.8, 4) is 6.07 Å². The molecule has 4 rings (SSSR count). The third kappa shape index (κ3) is 4.57. The summed E-state index contributed by atoms with van der Waals surface area (Å²) in [5.41, 5.74) is 1.81. The molecule has 1 aliphatic heterocycles. The average Bonchev–Trinajstić information content (AvgIpc) is 2.82. The number of nitrogens with zero attached hydrogens (tertiary/aromatic N) is 4. The minimum Gasteiger partial charge on any atom is -0.354 e. The number of para-hydroxylation sites is 1. The second-order valence-corrected chi connectivity index (χ2v) is 8.90. The van der Waals surface area contributed by atoms with Crippen LogP contribution in [0.1, 0.15) is 32.3 Å². The Bertz CT molecular complexity index is 1030. The highest BCUT2D eigenvalue weighted by Crippen LogP contribution is 2.36. The molecule has 2 heterocycles. The number of pyridine rings is 1. The molecular weight excluding hydrogens is 380 g/mol. The number of fused-ring (bicyclic) bond motifs is 1. The second-order valence-electron chi connectivity index (χ2n) is 8.90. The maximum atomic E-state index is 10.1. The van der Waals surface area contributed by atoms with Gasteiger partial charge < -0.3 is 4.90 Å². The third-order valence-electron chi connectivity index (χ3n) is 6.80. The molecule has 0 spiro atoms. The lowest BCUT2D eigenvalue weighted by Gasteiger charge is -2.36. The molecule has 1 unspecified atom stereocenters. The molecule has 4 heteroatoms. The summed E-state index contributed by atoms with van der Waals surface area (Å²) in [5.74, 6) is 1.36. The monoisotopic (exact) mass is 412 g/mol. The van der Waals surface area contributed by atoms with Gasteiger partial charge in [0.05, 0.1) is 17.0 Å². The van der Waals surface area contributed by atoms with Gasteiger partial charge in [-0.2, -0.15) is 5.26 Å². The van der Waals surface area contributed by atoms with Crippen molar-refractivity contribution in [2.75, 3.05) is 37.6 Å². The van der Waals surface area contributed by atoms with Crippen LogP contribution in [-0.4, -0.2) is 42.6 Å². The molecule has 0 saturated carbocycles. The van der Waals surface area contributed by atoms with E-state index >= 15 is 0 Å². The van der Waals surface area contributed by atoms with Gasteiger partial charge in [-0.3, -0.25) is 4.90 Å². The van der Waals surface area contributed by atoms with E-state index in [1.54, 1.807) is 0 Å². The van der Waals surface area contributed by atoms with Crippen LogP contribution < -0.4 is 4.90 Å². The fourth-order valence-electron chi connectivity index (χ4n) is 4.76. The standard InChI is InChI=1S/C27H32N4/c1-22(2)27(21-28,24-10-4-3-5-11-24)15-8-16-30-17-19-31(20-18-30)26-14-13-23-9-6-7-12-25(23)29-26/h3-7,9-14,22H,8,15-20H2,1-2H3. The molecule has 1 aliphatic rings. The van der Waals surface area contributed by atoms with Crippen LogP contribution in [-0.2, 0) is 5.41 Å². The lowest BCUT2D eigenvalue weighted by Crippen LogP contribution is -2.47. The van der Waals surface area contributed by atoms with Gasteiger partial charge in [-0.25, -0.2) is 4.98 Å². The first-order valence-electron chi connectivity index (χ1n) is 11.4. The summed E-state index contributed by atoms with van der Waals surface area (Å²) in [5, 5.41) is 11.3. The van der Waals surface area contributed by atoms with Gasteiger partial charge in [0.2, 0.25) is 0 Å². The summed E-state index contributed by atoms with van der Waals surface area (Å²) in [4.78, 5) is 9.78. The number of hydrogen-bond acceptors (Lipinski definition) is 4. The van der Waals surface area contributed by atoms with Gasteiger partial charge in [-0.1, -0.05) is 62.4 Å². The first kappa shape index (κ1) is 21.3. The van der Waals surface area contributed by atoms with Crippen molar-refractivity contribution in [1.82, 2.24) is 9.88 Å². The molecule has 0 radical (unpaired) electrons. The summed E-state index contributed by atoms with van der Waals surface area (Å²) in [6, 6.07) is 25.6. The highest BCUT2D eigenvalue weighted by atomic mass is 15.3. The largest absolute Gasteiger partial charge is 0.354 e. The van der Waals surface area contributed by atoms with E-state index in [2.05, 4.69) is 72.2 Å². The van der Waals surface area contributed by atoms with E-state index in [1.165, 1.54) is 5.39 Å². The fraction of sp³-hybridized carbons (Fsp3) is 0.407. The Balaban J connectivity index is 1.33. The first-order valence-corrected chi connectivity index (χ1v) is 11.4. The van der Waals surface area contributed by atoms with Gasteiger partial charge in [0.1, 0.15) is 5.82 Å². The predicted molar refractivity (Wildman–Crippen MR) is 128 cm³/mol. The van der Waals surface area contributed by atoms with Crippen LogP contribution in [0.5, 0.6) is 0 Å². The number of piperazine rings is 1. The van der Waals surface area contributed by atoms with Crippen molar-refractivity contribution in [3.05, 3.63) is 72.3 Å². The molecule has 1 atom stereocenters. The number of nitriles is 1. The van der Waals surface area contributed by atoms with Crippen LogP contribution in [0.4, 0.5) is 5.82 Å². The Morgan fingerprint density at radius 2 is 1.65 bits per heavy atom. The molecule has 31 heavy (non-hydrogen) atoms. The average molecular weight is 413 g/mol. The van der Waals surface area contributed by atoms with E-state index in [9.17, 15) is 5.26 Å². The predicted octanol–water partition coefficient (Wildman–Crippen LogP) is 5.25. The van der Waals surface area contributed by atoms with Gasteiger partial charge in [0.25, 0.3) is 0 Å². The van der Waals surface area contributed by atoms with Crippen LogP contribution in [0.2, 0.25) is 0 Å². The van der Waals surface area contributed by atoms with E-state index in [-0.39, 0.29) is 5.92 Å². The minimum absolute atomic E-state index is 0.288. The van der Waals surface area contributed by atoms with E-state index in [0.29, 0.717) is 0 Å². The zero-order valence-corrected chi connectivity index (χ0v) is 18.7. The molecule has 160 valence electrons. The van der Waals surface area contributed by atoms with Gasteiger partial charge in [0, 0.05) is 31.6 Å². The molecule has 2 aromatic carbocycles. The maximum Gasteiger partial charge on any atom is 0.129 e. The topological polar surface area (TPSA) is 43.2 Å². The summed E-state index contributed by atoms with van der Waals surface area (Å²) in [6.45, 7) is 9.47. The maximum absolute atomic E-state index is 10.1. The molecule has 1 aromatic heterocycles. The van der Waals surface area contributed by atoms with Crippen molar-refractivity contribution >= 4 is 16.7 Å². The van der Waals surface area contributed by atoms with Crippen LogP contribution in [0.3, 0.4) is 0 Å².